The number of carbonyl (C=O) groups is 1. The lowest BCUT2D eigenvalue weighted by molar-refractivity contribution is -0.143. The number of aromatic nitrogens is 4. The largest absolute Gasteiger partial charge is 0.481 e. The summed E-state index contributed by atoms with van der Waals surface area (Å²) in [5.74, 6) is -0.374. The Morgan fingerprint density at radius 2 is 2.03 bits per heavy atom. The second-order valence-corrected chi connectivity index (χ2v) is 8.55. The monoisotopic (exact) mass is 417 g/mol. The molecule has 3 heterocycles. The first-order valence-corrected chi connectivity index (χ1v) is 10.5. The Morgan fingerprint density at radius 1 is 1.16 bits per heavy atom. The minimum atomic E-state index is -0.719. The van der Waals surface area contributed by atoms with Gasteiger partial charge >= 0.3 is 5.97 Å². The van der Waals surface area contributed by atoms with Gasteiger partial charge in [0, 0.05) is 40.5 Å². The Hall–Kier alpha value is -3.55. The van der Waals surface area contributed by atoms with Gasteiger partial charge in [-0.1, -0.05) is 6.07 Å². The fraction of sp³-hybridized carbons (Fsp3) is 0.304. The summed E-state index contributed by atoms with van der Waals surface area (Å²) in [6.45, 7) is 0. The number of hydrogen-bond donors (Lipinski definition) is 3. The van der Waals surface area contributed by atoms with Crippen LogP contribution in [0.4, 0.5) is 10.1 Å². The molecule has 31 heavy (non-hydrogen) atoms. The lowest BCUT2D eigenvalue weighted by Gasteiger charge is -2.30. The van der Waals surface area contributed by atoms with Crippen LogP contribution in [0, 0.1) is 23.6 Å². The number of H-pyrrole nitrogens is 1. The van der Waals surface area contributed by atoms with Gasteiger partial charge in [-0.3, -0.25) is 4.79 Å². The zero-order chi connectivity index (χ0) is 21.1. The first kappa shape index (κ1) is 18.2. The second-order valence-electron chi connectivity index (χ2n) is 8.55. The van der Waals surface area contributed by atoms with E-state index in [0.717, 1.165) is 35.9 Å². The van der Waals surface area contributed by atoms with Gasteiger partial charge in [-0.15, -0.1) is 0 Å². The predicted octanol–water partition coefficient (Wildman–Crippen LogP) is 4.22. The van der Waals surface area contributed by atoms with Gasteiger partial charge in [0.2, 0.25) is 0 Å². The van der Waals surface area contributed by atoms with Crippen molar-refractivity contribution in [3.63, 3.8) is 0 Å². The van der Waals surface area contributed by atoms with Gasteiger partial charge in [-0.05, 0) is 49.3 Å². The minimum absolute atomic E-state index is 0.0795. The second kappa shape index (κ2) is 6.73. The summed E-state index contributed by atoms with van der Waals surface area (Å²) in [5, 5.41) is 14.7. The average molecular weight is 417 g/mol. The van der Waals surface area contributed by atoms with Crippen LogP contribution in [0.2, 0.25) is 0 Å². The molecule has 7 nitrogen and oxygen atoms in total. The van der Waals surface area contributed by atoms with E-state index in [9.17, 15) is 14.3 Å². The van der Waals surface area contributed by atoms with Gasteiger partial charge < -0.3 is 15.4 Å². The average Bonchev–Trinajstić information content (AvgIpc) is 3.48. The van der Waals surface area contributed by atoms with E-state index in [4.69, 9.17) is 4.98 Å². The van der Waals surface area contributed by atoms with Crippen molar-refractivity contribution in [1.29, 1.82) is 0 Å². The Labute approximate surface area is 176 Å². The Morgan fingerprint density at radius 3 is 2.90 bits per heavy atom. The third-order valence-corrected chi connectivity index (χ3v) is 6.89. The fourth-order valence-electron chi connectivity index (χ4n) is 5.51. The molecule has 4 aromatic rings. The van der Waals surface area contributed by atoms with Crippen molar-refractivity contribution in [3.05, 3.63) is 48.7 Å². The van der Waals surface area contributed by atoms with E-state index in [2.05, 4.69) is 20.3 Å². The number of carboxylic acids is 1. The van der Waals surface area contributed by atoms with Crippen LogP contribution in [-0.4, -0.2) is 37.1 Å². The third-order valence-electron chi connectivity index (χ3n) is 6.89. The summed E-state index contributed by atoms with van der Waals surface area (Å²) in [5.41, 5.74) is 2.84. The molecule has 0 radical (unpaired) electrons. The maximum absolute atomic E-state index is 13.7. The molecule has 2 aliphatic carbocycles. The number of fused-ring (bicyclic) bond motifs is 4. The van der Waals surface area contributed by atoms with E-state index in [1.807, 2.05) is 18.2 Å². The van der Waals surface area contributed by atoms with Gasteiger partial charge in [0.25, 0.3) is 0 Å². The van der Waals surface area contributed by atoms with Crippen LogP contribution in [0.15, 0.2) is 42.9 Å². The first-order valence-electron chi connectivity index (χ1n) is 10.5. The maximum atomic E-state index is 13.7. The molecule has 2 fully saturated rings. The van der Waals surface area contributed by atoms with Crippen LogP contribution in [0.5, 0.6) is 0 Å². The van der Waals surface area contributed by atoms with Gasteiger partial charge in [-0.25, -0.2) is 19.3 Å². The number of nitrogens with one attached hydrogen (secondary N) is 2. The molecule has 0 amide bonds. The summed E-state index contributed by atoms with van der Waals surface area (Å²) in [6.07, 6.45) is 7.69. The van der Waals surface area contributed by atoms with E-state index in [1.54, 1.807) is 12.4 Å². The van der Waals surface area contributed by atoms with Crippen molar-refractivity contribution >= 4 is 33.6 Å². The molecule has 0 aliphatic heterocycles. The van der Waals surface area contributed by atoms with E-state index in [0.29, 0.717) is 28.3 Å². The molecule has 3 N–H and O–H groups in total. The van der Waals surface area contributed by atoms with Crippen molar-refractivity contribution in [3.8, 4) is 11.4 Å². The standard InChI is InChI=1S/C23H20FN5O2/c24-13-7-14-15(9-26-21(14)25-8-13)22-27-10-16-17(2-1-3-18(16)29-22)28-20-12-5-4-11(6-12)19(20)23(30)31/h1-3,7-12,19-20,28H,4-6H2,(H,25,26)(H,30,31)/t11?,12?,19-,20-/m0/s1. The van der Waals surface area contributed by atoms with Crippen LogP contribution < -0.4 is 5.32 Å². The molecule has 1 aromatic carbocycles. The fourth-order valence-corrected chi connectivity index (χ4v) is 5.51. The predicted molar refractivity (Wildman–Crippen MR) is 114 cm³/mol. The molecular weight excluding hydrogens is 397 g/mol. The van der Waals surface area contributed by atoms with E-state index < -0.39 is 11.8 Å². The molecular formula is C23H20FN5O2. The first-order chi connectivity index (χ1) is 15.1. The Kier molecular flexibility index (Phi) is 3.96. The number of pyridine rings is 1. The van der Waals surface area contributed by atoms with Crippen molar-refractivity contribution < 1.29 is 14.3 Å². The molecule has 2 bridgehead atoms. The number of nitrogens with zero attached hydrogens (tertiary/aromatic N) is 3. The SMILES string of the molecule is O=C(O)[C@H]1C2CCC(C2)[C@@H]1Nc1cccc2nc(-c3c[nH]c4ncc(F)cc34)ncc12. The normalized spacial score (nSPS) is 24.8. The summed E-state index contributed by atoms with van der Waals surface area (Å²) >= 11 is 0. The number of hydrogen-bond acceptors (Lipinski definition) is 5. The topological polar surface area (TPSA) is 104 Å². The number of aliphatic carboxylic acids is 1. The molecule has 156 valence electrons. The molecule has 8 heteroatoms. The van der Waals surface area contributed by atoms with Gasteiger partial charge in [0.15, 0.2) is 5.82 Å². The van der Waals surface area contributed by atoms with E-state index in [-0.39, 0.29) is 17.9 Å². The zero-order valence-electron chi connectivity index (χ0n) is 16.5. The van der Waals surface area contributed by atoms with Crippen LogP contribution >= 0.6 is 0 Å². The lowest BCUT2D eigenvalue weighted by atomic mass is 9.84. The number of carboxylic acid groups (broad SMARTS) is 1. The molecule has 0 saturated heterocycles. The molecule has 2 unspecified atom stereocenters. The highest BCUT2D eigenvalue weighted by atomic mass is 19.1. The summed E-state index contributed by atoms with van der Waals surface area (Å²) in [6, 6.07) is 7.09. The number of rotatable bonds is 4. The molecule has 2 saturated carbocycles. The lowest BCUT2D eigenvalue weighted by Crippen LogP contribution is -2.39. The number of benzene rings is 1. The summed E-state index contributed by atoms with van der Waals surface area (Å²) < 4.78 is 13.7. The zero-order valence-corrected chi connectivity index (χ0v) is 16.5. The molecule has 3 aromatic heterocycles. The van der Waals surface area contributed by atoms with Crippen molar-refractivity contribution in [2.45, 2.75) is 25.3 Å². The van der Waals surface area contributed by atoms with E-state index in [1.165, 1.54) is 12.3 Å². The molecule has 6 rings (SSSR count). The molecule has 0 spiro atoms. The van der Waals surface area contributed by atoms with Crippen LogP contribution in [-0.2, 0) is 4.79 Å². The van der Waals surface area contributed by atoms with Gasteiger partial charge in [0.1, 0.15) is 11.5 Å². The Bertz CT molecular complexity index is 1340. The number of aromatic amines is 1. The highest BCUT2D eigenvalue weighted by molar-refractivity contribution is 5.95. The van der Waals surface area contributed by atoms with E-state index >= 15 is 0 Å². The van der Waals surface area contributed by atoms with Gasteiger partial charge in [-0.2, -0.15) is 0 Å². The molecule has 4 atom stereocenters. The van der Waals surface area contributed by atoms with Crippen molar-refractivity contribution in [2.75, 3.05) is 5.32 Å². The summed E-state index contributed by atoms with van der Waals surface area (Å²) in [4.78, 5) is 28.2. The highest BCUT2D eigenvalue weighted by Gasteiger charge is 2.51. The Balaban J connectivity index is 1.38. The van der Waals surface area contributed by atoms with Crippen LogP contribution in [0.25, 0.3) is 33.3 Å². The smallest absolute Gasteiger partial charge is 0.308 e. The number of anilines is 1. The van der Waals surface area contributed by atoms with Crippen molar-refractivity contribution in [2.24, 2.45) is 17.8 Å². The third kappa shape index (κ3) is 2.85. The quantitative estimate of drug-likeness (QED) is 0.459. The maximum Gasteiger partial charge on any atom is 0.308 e. The van der Waals surface area contributed by atoms with Crippen molar-refractivity contribution in [1.82, 2.24) is 19.9 Å². The highest BCUT2D eigenvalue weighted by Crippen LogP contribution is 2.50. The minimum Gasteiger partial charge on any atom is -0.481 e. The summed E-state index contributed by atoms with van der Waals surface area (Å²) in [7, 11) is 0. The van der Waals surface area contributed by atoms with Crippen LogP contribution in [0.1, 0.15) is 19.3 Å². The van der Waals surface area contributed by atoms with Crippen LogP contribution in [0.3, 0.4) is 0 Å². The molecule has 2 aliphatic rings. The number of halogens is 1. The van der Waals surface area contributed by atoms with Gasteiger partial charge in [0.05, 0.1) is 17.6 Å².